The zero-order chi connectivity index (χ0) is 13.4. The average molecular weight is 325 g/mol. The van der Waals surface area contributed by atoms with Gasteiger partial charge in [0, 0.05) is 16.5 Å². The van der Waals surface area contributed by atoms with Crippen molar-refractivity contribution in [2.75, 3.05) is 6.61 Å². The van der Waals surface area contributed by atoms with Crippen molar-refractivity contribution in [1.29, 1.82) is 0 Å². The number of ether oxygens (including phenoxy) is 1. The van der Waals surface area contributed by atoms with Gasteiger partial charge in [-0.1, -0.05) is 15.9 Å². The molecule has 1 aliphatic heterocycles. The monoisotopic (exact) mass is 324 g/mol. The quantitative estimate of drug-likeness (QED) is 0.921. The molecule has 0 saturated carbocycles. The van der Waals surface area contributed by atoms with Crippen LogP contribution in [0.5, 0.6) is 0 Å². The van der Waals surface area contributed by atoms with Crippen LogP contribution in [-0.2, 0) is 4.74 Å². The number of carboxylic acids is 1. The summed E-state index contributed by atoms with van der Waals surface area (Å²) in [6, 6.07) is 3.48. The molecule has 0 aliphatic carbocycles. The van der Waals surface area contributed by atoms with E-state index >= 15 is 0 Å². The first-order valence-corrected chi connectivity index (χ1v) is 6.98. The smallest absolute Gasteiger partial charge is 0.336 e. The Balaban J connectivity index is 2.14. The SMILES string of the molecule is O=C(O)c1cc(Br)cc2c1cnn2C1CCCCO1. The van der Waals surface area contributed by atoms with Crippen LogP contribution in [-0.4, -0.2) is 27.5 Å². The van der Waals surface area contributed by atoms with Crippen LogP contribution < -0.4 is 0 Å². The highest BCUT2D eigenvalue weighted by Crippen LogP contribution is 2.29. The van der Waals surface area contributed by atoms with E-state index in [1.165, 1.54) is 0 Å². The molecule has 1 fully saturated rings. The second-order valence-electron chi connectivity index (χ2n) is 4.60. The number of carbonyl (C=O) groups is 1. The first kappa shape index (κ1) is 12.6. The van der Waals surface area contributed by atoms with Crippen molar-refractivity contribution >= 4 is 32.8 Å². The molecule has 100 valence electrons. The van der Waals surface area contributed by atoms with Gasteiger partial charge in [0.05, 0.1) is 17.3 Å². The number of aromatic carboxylic acids is 1. The number of fused-ring (bicyclic) bond motifs is 1. The van der Waals surface area contributed by atoms with Crippen LogP contribution in [0.2, 0.25) is 0 Å². The van der Waals surface area contributed by atoms with Crippen molar-refractivity contribution in [3.8, 4) is 0 Å². The summed E-state index contributed by atoms with van der Waals surface area (Å²) in [7, 11) is 0. The molecule has 0 spiro atoms. The van der Waals surface area contributed by atoms with Gasteiger partial charge in [-0.25, -0.2) is 9.48 Å². The predicted octanol–water partition coefficient (Wildman–Crippen LogP) is 3.20. The minimum Gasteiger partial charge on any atom is -0.478 e. The van der Waals surface area contributed by atoms with Gasteiger partial charge in [0.15, 0.2) is 6.23 Å². The zero-order valence-electron chi connectivity index (χ0n) is 10.2. The zero-order valence-corrected chi connectivity index (χ0v) is 11.8. The van der Waals surface area contributed by atoms with Crippen molar-refractivity contribution in [1.82, 2.24) is 9.78 Å². The number of hydrogen-bond donors (Lipinski definition) is 1. The number of rotatable bonds is 2. The molecule has 2 heterocycles. The topological polar surface area (TPSA) is 64.3 Å². The van der Waals surface area contributed by atoms with Gasteiger partial charge >= 0.3 is 5.97 Å². The summed E-state index contributed by atoms with van der Waals surface area (Å²) in [6.45, 7) is 0.728. The van der Waals surface area contributed by atoms with E-state index in [2.05, 4.69) is 21.0 Å². The van der Waals surface area contributed by atoms with Gasteiger partial charge in [-0.3, -0.25) is 0 Å². The highest BCUT2D eigenvalue weighted by molar-refractivity contribution is 9.10. The second-order valence-corrected chi connectivity index (χ2v) is 5.52. The molecule has 1 N–H and O–H groups in total. The molecule has 0 bridgehead atoms. The summed E-state index contributed by atoms with van der Waals surface area (Å²) in [5.41, 5.74) is 1.05. The first-order chi connectivity index (χ1) is 9.16. The van der Waals surface area contributed by atoms with Crippen LogP contribution in [0.1, 0.15) is 35.8 Å². The summed E-state index contributed by atoms with van der Waals surface area (Å²) in [4.78, 5) is 11.3. The predicted molar refractivity (Wildman–Crippen MR) is 73.2 cm³/mol. The van der Waals surface area contributed by atoms with E-state index in [1.807, 2.05) is 6.07 Å². The number of hydrogen-bond acceptors (Lipinski definition) is 3. The molecule has 1 saturated heterocycles. The summed E-state index contributed by atoms with van der Waals surface area (Å²) in [5.74, 6) is -0.949. The number of carboxylic acid groups (broad SMARTS) is 1. The van der Waals surface area contributed by atoms with Crippen molar-refractivity contribution < 1.29 is 14.6 Å². The van der Waals surface area contributed by atoms with Crippen LogP contribution in [0.25, 0.3) is 10.9 Å². The highest BCUT2D eigenvalue weighted by atomic mass is 79.9. The van der Waals surface area contributed by atoms with Crippen LogP contribution in [0.4, 0.5) is 0 Å². The molecule has 1 atom stereocenters. The second kappa shape index (κ2) is 4.94. The van der Waals surface area contributed by atoms with E-state index < -0.39 is 5.97 Å². The summed E-state index contributed by atoms with van der Waals surface area (Å²) >= 11 is 3.35. The number of benzene rings is 1. The van der Waals surface area contributed by atoms with Crippen LogP contribution in [0.15, 0.2) is 22.8 Å². The summed E-state index contributed by atoms with van der Waals surface area (Å²) < 4.78 is 8.22. The van der Waals surface area contributed by atoms with E-state index in [0.29, 0.717) is 5.39 Å². The molecule has 1 aliphatic rings. The molecule has 0 radical (unpaired) electrons. The lowest BCUT2D eigenvalue weighted by Gasteiger charge is -2.23. The van der Waals surface area contributed by atoms with Gasteiger partial charge in [-0.2, -0.15) is 5.10 Å². The first-order valence-electron chi connectivity index (χ1n) is 6.18. The highest BCUT2D eigenvalue weighted by Gasteiger charge is 2.21. The van der Waals surface area contributed by atoms with Crippen LogP contribution in [0.3, 0.4) is 0 Å². The molecule has 3 rings (SSSR count). The Morgan fingerprint density at radius 3 is 3.00 bits per heavy atom. The fourth-order valence-electron chi connectivity index (χ4n) is 2.43. The third kappa shape index (κ3) is 2.26. The lowest BCUT2D eigenvalue weighted by molar-refractivity contribution is -0.0366. The van der Waals surface area contributed by atoms with Gasteiger partial charge < -0.3 is 9.84 Å². The average Bonchev–Trinajstić information content (AvgIpc) is 2.82. The number of aromatic nitrogens is 2. The van der Waals surface area contributed by atoms with E-state index in [0.717, 1.165) is 35.9 Å². The van der Waals surface area contributed by atoms with Gasteiger partial charge in [0.2, 0.25) is 0 Å². The Morgan fingerprint density at radius 1 is 1.47 bits per heavy atom. The van der Waals surface area contributed by atoms with Crippen LogP contribution in [0, 0.1) is 0 Å². The molecule has 1 unspecified atom stereocenters. The third-order valence-electron chi connectivity index (χ3n) is 3.34. The Hall–Kier alpha value is -1.40. The van der Waals surface area contributed by atoms with Crippen LogP contribution >= 0.6 is 15.9 Å². The van der Waals surface area contributed by atoms with Crippen molar-refractivity contribution in [2.24, 2.45) is 0 Å². The summed E-state index contributed by atoms with van der Waals surface area (Å²) in [6.07, 6.45) is 4.59. The number of halogens is 1. The molecule has 5 nitrogen and oxygen atoms in total. The van der Waals surface area contributed by atoms with Crippen molar-refractivity contribution in [3.63, 3.8) is 0 Å². The maximum Gasteiger partial charge on any atom is 0.336 e. The Kier molecular flexibility index (Phi) is 3.28. The molecule has 6 heteroatoms. The normalized spacial score (nSPS) is 19.7. The minimum absolute atomic E-state index is 0.0952. The molecule has 1 aromatic heterocycles. The standard InChI is InChI=1S/C13H13BrN2O3/c14-8-5-9(13(17)18)10-7-15-16(11(10)6-8)12-3-1-2-4-19-12/h5-7,12H,1-4H2,(H,17,18). The van der Waals surface area contributed by atoms with Gasteiger partial charge in [-0.05, 0) is 31.4 Å². The molecule has 2 aromatic rings. The van der Waals surface area contributed by atoms with Crippen molar-refractivity contribution in [3.05, 3.63) is 28.4 Å². The molecular formula is C13H13BrN2O3. The molecule has 1 aromatic carbocycles. The van der Waals surface area contributed by atoms with Crippen molar-refractivity contribution in [2.45, 2.75) is 25.5 Å². The maximum absolute atomic E-state index is 11.3. The third-order valence-corrected chi connectivity index (χ3v) is 3.80. The van der Waals surface area contributed by atoms with Gasteiger partial charge in [0.1, 0.15) is 0 Å². The minimum atomic E-state index is -0.949. The molecular weight excluding hydrogens is 312 g/mol. The lowest BCUT2D eigenvalue weighted by Crippen LogP contribution is -2.19. The maximum atomic E-state index is 11.3. The summed E-state index contributed by atoms with van der Waals surface area (Å²) in [5, 5.41) is 14.2. The Morgan fingerprint density at radius 2 is 2.32 bits per heavy atom. The molecule has 19 heavy (non-hydrogen) atoms. The van der Waals surface area contributed by atoms with E-state index in [1.54, 1.807) is 16.9 Å². The Labute approximate surface area is 118 Å². The molecule has 0 amide bonds. The van der Waals surface area contributed by atoms with Gasteiger partial charge in [0.25, 0.3) is 0 Å². The fraction of sp³-hybridized carbons (Fsp3) is 0.385. The Bertz CT molecular complexity index is 632. The lowest BCUT2D eigenvalue weighted by atomic mass is 10.1. The fourth-order valence-corrected chi connectivity index (χ4v) is 2.88. The van der Waals surface area contributed by atoms with E-state index in [-0.39, 0.29) is 11.8 Å². The van der Waals surface area contributed by atoms with E-state index in [9.17, 15) is 9.90 Å². The van der Waals surface area contributed by atoms with E-state index in [4.69, 9.17) is 4.74 Å². The largest absolute Gasteiger partial charge is 0.478 e. The number of nitrogens with zero attached hydrogens (tertiary/aromatic N) is 2. The van der Waals surface area contributed by atoms with Gasteiger partial charge in [-0.15, -0.1) is 0 Å².